The number of aliphatic hydroxyl groups excluding tert-OH is 2. The molecule has 0 aromatic rings. The number of carbonyl (C=O) groups excluding carboxylic acids is 2. The smallest absolute Gasteiger partial charge is 0.189 e. The highest BCUT2D eigenvalue weighted by atomic mass is 16.6. The topological polar surface area (TPSA) is 104 Å². The molecule has 0 aromatic heterocycles. The van der Waals surface area contributed by atoms with Crippen LogP contribution in [0.4, 0.5) is 0 Å². The molecule has 1 rings (SSSR count). The lowest BCUT2D eigenvalue weighted by Gasteiger charge is -2.36. The first-order valence-corrected chi connectivity index (χ1v) is 4.66. The van der Waals surface area contributed by atoms with Gasteiger partial charge in [-0.25, -0.2) is 0 Å². The van der Waals surface area contributed by atoms with Gasteiger partial charge in [-0.3, -0.25) is 9.59 Å². The number of Topliss-reactive ketones (excluding diaryl/α,β-unsaturated/α-hetero) is 2. The third-order valence-corrected chi connectivity index (χ3v) is 2.97. The number of carbonyl (C=O) groups is 2. The Kier molecular flexibility index (Phi) is 2.51. The van der Waals surface area contributed by atoms with Gasteiger partial charge in [-0.1, -0.05) is 0 Å². The van der Waals surface area contributed by atoms with Gasteiger partial charge in [0.15, 0.2) is 22.8 Å². The maximum Gasteiger partial charge on any atom is 0.189 e. The van der Waals surface area contributed by atoms with Crippen LogP contribution in [0.3, 0.4) is 0 Å². The van der Waals surface area contributed by atoms with Crippen LogP contribution in [0.2, 0.25) is 0 Å². The fourth-order valence-corrected chi connectivity index (χ4v) is 1.96. The molecule has 0 amide bonds. The Labute approximate surface area is 95.6 Å². The van der Waals surface area contributed by atoms with Gasteiger partial charge in [0.1, 0.15) is 6.10 Å². The first-order chi connectivity index (χ1) is 8.31. The van der Waals surface area contributed by atoms with Crippen molar-refractivity contribution in [3.8, 4) is 0 Å². The molecule has 1 fully saturated rings. The van der Waals surface area contributed by atoms with Crippen LogP contribution >= 0.6 is 0 Å². The van der Waals surface area contributed by atoms with Crippen LogP contribution in [-0.2, 0) is 14.3 Å². The molecule has 6 nitrogen and oxygen atoms in total. The molecular weight excluding hydrogens is 216 g/mol. The van der Waals surface area contributed by atoms with E-state index in [0.29, 0.717) is 0 Å². The van der Waals surface area contributed by atoms with Gasteiger partial charge in [0.25, 0.3) is 0 Å². The summed E-state index contributed by atoms with van der Waals surface area (Å²) in [5.41, 5.74) is -5.06. The molecule has 0 radical (unpaired) electrons. The van der Waals surface area contributed by atoms with E-state index >= 15 is 0 Å². The Morgan fingerprint density at radius 2 is 2.00 bits per heavy atom. The minimum absolute atomic E-state index is 0.826. The largest absolute Gasteiger partial charge is 0.393 e. The fourth-order valence-electron chi connectivity index (χ4n) is 1.96. The predicted octanol–water partition coefficient (Wildman–Crippen LogP) is -1.59. The number of aliphatic hydroxyl groups is 3. The van der Waals surface area contributed by atoms with Gasteiger partial charge in [0.2, 0.25) is 0 Å². The van der Waals surface area contributed by atoms with Crippen LogP contribution in [0.1, 0.15) is 23.5 Å². The summed E-state index contributed by atoms with van der Waals surface area (Å²) in [5, 5.41) is 29.4. The van der Waals surface area contributed by atoms with E-state index in [1.165, 1.54) is 6.92 Å². The van der Waals surface area contributed by atoms with Crippen molar-refractivity contribution in [3.63, 3.8) is 0 Å². The van der Waals surface area contributed by atoms with Crippen LogP contribution in [0.25, 0.3) is 0 Å². The third-order valence-electron chi connectivity index (χ3n) is 2.97. The van der Waals surface area contributed by atoms with E-state index in [1.54, 1.807) is 0 Å². The Morgan fingerprint density at radius 3 is 2.44 bits per heavy atom. The minimum Gasteiger partial charge on any atom is -0.393 e. The molecule has 0 bridgehead atoms. The number of ketones is 2. The zero-order chi connectivity index (χ0) is 14.1. The number of hydrogen-bond acceptors (Lipinski definition) is 6. The normalized spacial score (nSPS) is 45.0. The maximum absolute atomic E-state index is 11.7. The van der Waals surface area contributed by atoms with Crippen molar-refractivity contribution in [2.45, 2.75) is 44.1 Å². The highest BCUT2D eigenvalue weighted by Crippen LogP contribution is 2.41. The summed E-state index contributed by atoms with van der Waals surface area (Å²) in [6, 6.07) is 0. The number of rotatable bonds is 3. The maximum atomic E-state index is 11.7. The molecule has 1 heterocycles. The summed E-state index contributed by atoms with van der Waals surface area (Å²) in [5.74, 6) is -2.15. The molecule has 0 aromatic carbocycles. The second-order valence-electron chi connectivity index (χ2n) is 3.87. The van der Waals surface area contributed by atoms with Gasteiger partial charge in [-0.2, -0.15) is 0 Å². The summed E-state index contributed by atoms with van der Waals surface area (Å²) >= 11 is 0. The van der Waals surface area contributed by atoms with E-state index < -0.39 is 55.4 Å². The average molecular weight is 234 g/mol. The molecule has 1 saturated heterocycles. The monoisotopic (exact) mass is 234 g/mol. The molecule has 0 unspecified atom stereocenters. The van der Waals surface area contributed by atoms with E-state index in [4.69, 9.17) is 7.48 Å². The molecular formula is C10H16O6. The van der Waals surface area contributed by atoms with Gasteiger partial charge in [-0.05, 0) is 20.7 Å². The molecule has 16 heavy (non-hydrogen) atoms. The number of ether oxygens (including phenoxy) is 1. The molecule has 1 aliphatic rings. The minimum atomic E-state index is -2.69. The Balaban J connectivity index is 3.39. The molecule has 0 spiro atoms. The molecule has 0 saturated carbocycles. The molecule has 1 aliphatic heterocycles. The van der Waals surface area contributed by atoms with Crippen molar-refractivity contribution in [1.82, 2.24) is 0 Å². The molecule has 6 heteroatoms. The lowest BCUT2D eigenvalue weighted by atomic mass is 9.75. The Bertz CT molecular complexity index is 346. The van der Waals surface area contributed by atoms with Crippen LogP contribution in [-0.4, -0.2) is 56.9 Å². The molecule has 3 N–H and O–H groups in total. The van der Waals surface area contributed by atoms with Crippen molar-refractivity contribution in [2.75, 3.05) is 6.61 Å². The van der Waals surface area contributed by atoms with E-state index in [0.717, 1.165) is 0 Å². The van der Waals surface area contributed by atoms with Gasteiger partial charge in [-0.15, -0.1) is 0 Å². The van der Waals surface area contributed by atoms with E-state index in [-0.39, 0.29) is 0 Å². The summed E-state index contributed by atoms with van der Waals surface area (Å²) in [7, 11) is 0. The highest BCUT2D eigenvalue weighted by molar-refractivity contribution is 5.98. The Morgan fingerprint density at radius 1 is 1.44 bits per heavy atom. The van der Waals surface area contributed by atoms with Crippen molar-refractivity contribution < 1.29 is 32.4 Å². The second kappa shape index (κ2) is 3.89. The third kappa shape index (κ3) is 1.34. The van der Waals surface area contributed by atoms with Crippen molar-refractivity contribution in [3.05, 3.63) is 0 Å². The van der Waals surface area contributed by atoms with Crippen LogP contribution in [0.5, 0.6) is 0 Å². The predicted molar refractivity (Wildman–Crippen MR) is 52.7 cm³/mol. The van der Waals surface area contributed by atoms with E-state index in [9.17, 15) is 24.9 Å². The summed E-state index contributed by atoms with van der Waals surface area (Å²) in [4.78, 5) is 23.4. The molecule has 92 valence electrons. The number of hydrogen-bond donors (Lipinski definition) is 3. The SMILES string of the molecule is [2H]CC(=O)[C@]1(CO)O[C@@H](C)[C@@H](O)[C@@]1(O)C(=O)C[2H]. The van der Waals surface area contributed by atoms with Crippen LogP contribution in [0, 0.1) is 0 Å². The summed E-state index contributed by atoms with van der Waals surface area (Å²) < 4.78 is 19.1. The highest BCUT2D eigenvalue weighted by Gasteiger charge is 2.69. The van der Waals surface area contributed by atoms with Crippen molar-refractivity contribution in [2.24, 2.45) is 0 Å². The summed E-state index contributed by atoms with van der Waals surface area (Å²) in [6.07, 6.45) is -2.81. The second-order valence-corrected chi connectivity index (χ2v) is 3.87. The van der Waals surface area contributed by atoms with Gasteiger partial charge < -0.3 is 20.1 Å². The van der Waals surface area contributed by atoms with E-state index in [1.807, 2.05) is 0 Å². The zero-order valence-corrected chi connectivity index (χ0v) is 8.84. The van der Waals surface area contributed by atoms with Gasteiger partial charge >= 0.3 is 0 Å². The van der Waals surface area contributed by atoms with Crippen molar-refractivity contribution in [1.29, 1.82) is 0 Å². The van der Waals surface area contributed by atoms with Crippen LogP contribution in [0.15, 0.2) is 0 Å². The van der Waals surface area contributed by atoms with Crippen molar-refractivity contribution >= 4 is 11.6 Å². The first kappa shape index (κ1) is 10.3. The lowest BCUT2D eigenvalue weighted by molar-refractivity contribution is -0.183. The molecule has 0 aliphatic carbocycles. The first-order valence-electron chi connectivity index (χ1n) is 6.07. The fraction of sp³-hybridized carbons (Fsp3) is 0.800. The Hall–Kier alpha value is -0.820. The standard InChI is InChI=1S/C10H16O6/c1-5-8(14)10(15,7(3)13)9(4-11,16-5)6(2)12/h5,8,11,14-15H,4H2,1-3H3/t5-,8+,9-,10-/m0/s1/i2D,3D. The lowest BCUT2D eigenvalue weighted by Crippen LogP contribution is -2.66. The quantitative estimate of drug-likeness (QED) is 0.543. The molecule has 4 atom stereocenters. The van der Waals surface area contributed by atoms with E-state index in [2.05, 4.69) is 0 Å². The average Bonchev–Trinajstić information content (AvgIpc) is 2.59. The zero-order valence-electron chi connectivity index (χ0n) is 10.8. The summed E-state index contributed by atoms with van der Waals surface area (Å²) in [6.45, 7) is -1.43. The van der Waals surface area contributed by atoms with Gasteiger partial charge in [0, 0.05) is 2.74 Å². The van der Waals surface area contributed by atoms with Crippen LogP contribution < -0.4 is 0 Å². The van der Waals surface area contributed by atoms with Gasteiger partial charge in [0.05, 0.1) is 12.7 Å².